The largest absolute Gasteiger partial charge is 0.304 e. The van der Waals surface area contributed by atoms with Gasteiger partial charge in [-0.15, -0.1) is 0 Å². The molecule has 1 saturated carbocycles. The third-order valence-electron chi connectivity index (χ3n) is 4.95. The highest BCUT2D eigenvalue weighted by Gasteiger charge is 2.25. The van der Waals surface area contributed by atoms with E-state index >= 15 is 0 Å². The van der Waals surface area contributed by atoms with Gasteiger partial charge in [0.2, 0.25) is 0 Å². The summed E-state index contributed by atoms with van der Waals surface area (Å²) in [5.41, 5.74) is 0. The van der Waals surface area contributed by atoms with Crippen LogP contribution >= 0.6 is 0 Å². The normalized spacial score (nSPS) is 33.2. The number of nitrogens with zero attached hydrogens (tertiary/aromatic N) is 2. The molecule has 0 bridgehead atoms. The van der Waals surface area contributed by atoms with Gasteiger partial charge in [0, 0.05) is 32.7 Å². The van der Waals surface area contributed by atoms with E-state index in [4.69, 9.17) is 0 Å². The van der Waals surface area contributed by atoms with Gasteiger partial charge in [-0.1, -0.05) is 13.8 Å². The van der Waals surface area contributed by atoms with Crippen LogP contribution in [0.4, 0.5) is 0 Å². The first-order chi connectivity index (χ1) is 8.15. The van der Waals surface area contributed by atoms with Crippen LogP contribution in [-0.2, 0) is 0 Å². The zero-order chi connectivity index (χ0) is 12.3. The van der Waals surface area contributed by atoms with Crippen molar-refractivity contribution in [3.05, 3.63) is 0 Å². The summed E-state index contributed by atoms with van der Waals surface area (Å²) < 4.78 is 0. The number of hydrogen-bond acceptors (Lipinski definition) is 2. The molecule has 17 heavy (non-hydrogen) atoms. The van der Waals surface area contributed by atoms with Crippen LogP contribution in [0.1, 0.15) is 39.5 Å². The summed E-state index contributed by atoms with van der Waals surface area (Å²) in [6, 6.07) is 0. The standard InChI is InChI=1S/C15H30N2/c1-13(2)15-6-4-14(5-7-15)12-17-10-8-16(3)9-11-17/h13-15H,4-12H2,1-3H3. The van der Waals surface area contributed by atoms with Gasteiger partial charge in [0.1, 0.15) is 0 Å². The van der Waals surface area contributed by atoms with Crippen molar-refractivity contribution in [3.8, 4) is 0 Å². The lowest BCUT2D eigenvalue weighted by Crippen LogP contribution is -2.46. The highest BCUT2D eigenvalue weighted by molar-refractivity contribution is 4.78. The SMILES string of the molecule is CC(C)C1CCC(CN2CCN(C)CC2)CC1. The van der Waals surface area contributed by atoms with Crippen molar-refractivity contribution < 1.29 is 0 Å². The van der Waals surface area contributed by atoms with Crippen LogP contribution in [0.2, 0.25) is 0 Å². The average Bonchev–Trinajstić information content (AvgIpc) is 2.33. The number of piperazine rings is 1. The predicted octanol–water partition coefficient (Wildman–Crippen LogP) is 2.70. The Balaban J connectivity index is 1.67. The van der Waals surface area contributed by atoms with E-state index in [-0.39, 0.29) is 0 Å². The third kappa shape index (κ3) is 3.96. The Kier molecular flexibility index (Phi) is 4.87. The molecule has 1 saturated heterocycles. The van der Waals surface area contributed by atoms with Crippen LogP contribution in [0, 0.1) is 17.8 Å². The van der Waals surface area contributed by atoms with Gasteiger partial charge < -0.3 is 9.80 Å². The predicted molar refractivity (Wildman–Crippen MR) is 74.2 cm³/mol. The van der Waals surface area contributed by atoms with Gasteiger partial charge in [-0.25, -0.2) is 0 Å². The van der Waals surface area contributed by atoms with E-state index in [9.17, 15) is 0 Å². The first kappa shape index (κ1) is 13.4. The van der Waals surface area contributed by atoms with E-state index in [0.29, 0.717) is 0 Å². The van der Waals surface area contributed by atoms with E-state index in [1.54, 1.807) is 0 Å². The Hall–Kier alpha value is -0.0800. The molecule has 1 aliphatic heterocycles. The Morgan fingerprint density at radius 1 is 0.941 bits per heavy atom. The van der Waals surface area contributed by atoms with Gasteiger partial charge in [0.05, 0.1) is 0 Å². The smallest absolute Gasteiger partial charge is 0.0110 e. The molecule has 0 aromatic carbocycles. The maximum absolute atomic E-state index is 2.69. The van der Waals surface area contributed by atoms with E-state index in [1.807, 2.05) is 0 Å². The fourth-order valence-corrected chi connectivity index (χ4v) is 3.43. The first-order valence-corrected chi connectivity index (χ1v) is 7.56. The van der Waals surface area contributed by atoms with Crippen molar-refractivity contribution in [2.45, 2.75) is 39.5 Å². The summed E-state index contributed by atoms with van der Waals surface area (Å²) in [6.07, 6.45) is 5.93. The van der Waals surface area contributed by atoms with Crippen LogP contribution in [0.3, 0.4) is 0 Å². The fraction of sp³-hybridized carbons (Fsp3) is 1.00. The molecule has 1 heterocycles. The molecule has 100 valence electrons. The summed E-state index contributed by atoms with van der Waals surface area (Å²) in [5, 5.41) is 0. The van der Waals surface area contributed by atoms with Crippen molar-refractivity contribution in [2.75, 3.05) is 39.8 Å². The molecule has 0 aromatic heterocycles. The van der Waals surface area contributed by atoms with E-state index in [0.717, 1.165) is 17.8 Å². The molecule has 2 rings (SSSR count). The molecule has 0 radical (unpaired) electrons. The average molecular weight is 238 g/mol. The topological polar surface area (TPSA) is 6.48 Å². The second kappa shape index (κ2) is 6.19. The van der Waals surface area contributed by atoms with Crippen molar-refractivity contribution >= 4 is 0 Å². The molecule has 0 aromatic rings. The molecular weight excluding hydrogens is 208 g/mol. The van der Waals surface area contributed by atoms with Crippen molar-refractivity contribution in [2.24, 2.45) is 17.8 Å². The molecule has 2 heteroatoms. The molecule has 0 unspecified atom stereocenters. The van der Waals surface area contributed by atoms with E-state index in [2.05, 4.69) is 30.7 Å². The molecule has 0 atom stereocenters. The number of likely N-dealkylation sites (N-methyl/N-ethyl adjacent to an activating group) is 1. The van der Waals surface area contributed by atoms with Gasteiger partial charge in [0.15, 0.2) is 0 Å². The van der Waals surface area contributed by atoms with Gasteiger partial charge in [-0.05, 0) is 50.5 Å². The molecule has 2 nitrogen and oxygen atoms in total. The van der Waals surface area contributed by atoms with Crippen LogP contribution in [0.5, 0.6) is 0 Å². The minimum atomic E-state index is 0.902. The summed E-state index contributed by atoms with van der Waals surface area (Å²) in [5.74, 6) is 2.91. The van der Waals surface area contributed by atoms with Crippen molar-refractivity contribution in [1.29, 1.82) is 0 Å². The number of rotatable bonds is 3. The summed E-state index contributed by atoms with van der Waals surface area (Å²) in [7, 11) is 2.24. The summed E-state index contributed by atoms with van der Waals surface area (Å²) in [6.45, 7) is 11.3. The maximum Gasteiger partial charge on any atom is 0.0110 e. The van der Waals surface area contributed by atoms with Crippen LogP contribution in [-0.4, -0.2) is 49.6 Å². The van der Waals surface area contributed by atoms with Crippen LogP contribution in [0.15, 0.2) is 0 Å². The zero-order valence-electron chi connectivity index (χ0n) is 12.0. The summed E-state index contributed by atoms with van der Waals surface area (Å²) >= 11 is 0. The van der Waals surface area contributed by atoms with Gasteiger partial charge >= 0.3 is 0 Å². The molecular formula is C15H30N2. The highest BCUT2D eigenvalue weighted by Crippen LogP contribution is 2.33. The molecule has 1 aliphatic carbocycles. The molecule has 2 fully saturated rings. The highest BCUT2D eigenvalue weighted by atomic mass is 15.2. The second-order valence-electron chi connectivity index (χ2n) is 6.63. The maximum atomic E-state index is 2.69. The lowest BCUT2D eigenvalue weighted by atomic mass is 9.77. The Morgan fingerprint density at radius 2 is 1.53 bits per heavy atom. The Bertz CT molecular complexity index is 211. The van der Waals surface area contributed by atoms with E-state index < -0.39 is 0 Å². The minimum absolute atomic E-state index is 0.902. The fourth-order valence-electron chi connectivity index (χ4n) is 3.43. The summed E-state index contributed by atoms with van der Waals surface area (Å²) in [4.78, 5) is 5.15. The van der Waals surface area contributed by atoms with E-state index in [1.165, 1.54) is 58.4 Å². The lowest BCUT2D eigenvalue weighted by Gasteiger charge is -2.37. The van der Waals surface area contributed by atoms with Gasteiger partial charge in [-0.2, -0.15) is 0 Å². The van der Waals surface area contributed by atoms with Crippen LogP contribution in [0.25, 0.3) is 0 Å². The zero-order valence-corrected chi connectivity index (χ0v) is 12.0. The monoisotopic (exact) mass is 238 g/mol. The molecule has 0 amide bonds. The quantitative estimate of drug-likeness (QED) is 0.746. The van der Waals surface area contributed by atoms with Crippen LogP contribution < -0.4 is 0 Å². The van der Waals surface area contributed by atoms with Gasteiger partial charge in [0.25, 0.3) is 0 Å². The molecule has 0 spiro atoms. The number of hydrogen-bond donors (Lipinski definition) is 0. The van der Waals surface area contributed by atoms with Crippen molar-refractivity contribution in [1.82, 2.24) is 9.80 Å². The molecule has 2 aliphatic rings. The minimum Gasteiger partial charge on any atom is -0.304 e. The first-order valence-electron chi connectivity index (χ1n) is 7.56. The Morgan fingerprint density at radius 3 is 2.06 bits per heavy atom. The third-order valence-corrected chi connectivity index (χ3v) is 4.95. The van der Waals surface area contributed by atoms with Gasteiger partial charge in [-0.3, -0.25) is 0 Å². The molecule has 0 N–H and O–H groups in total. The van der Waals surface area contributed by atoms with Crippen molar-refractivity contribution in [3.63, 3.8) is 0 Å². The second-order valence-corrected chi connectivity index (χ2v) is 6.63. The lowest BCUT2D eigenvalue weighted by molar-refractivity contribution is 0.113. The Labute approximate surface area is 107 Å².